The van der Waals surface area contributed by atoms with Crippen LogP contribution >= 0.6 is 0 Å². The van der Waals surface area contributed by atoms with Crippen molar-refractivity contribution in [1.82, 2.24) is 4.90 Å². The van der Waals surface area contributed by atoms with E-state index >= 15 is 0 Å². The van der Waals surface area contributed by atoms with Gasteiger partial charge in [0.25, 0.3) is 0 Å². The topological polar surface area (TPSA) is 59.0 Å². The predicted octanol–water partition coefficient (Wildman–Crippen LogP) is 0.554. The normalized spacial score (nSPS) is 33.4. The highest BCUT2D eigenvalue weighted by Gasteiger charge is 2.29. The van der Waals surface area contributed by atoms with Crippen molar-refractivity contribution in [3.8, 4) is 0 Å². The Morgan fingerprint density at radius 2 is 2.17 bits per heavy atom. The van der Waals surface area contributed by atoms with Gasteiger partial charge in [0.05, 0.1) is 31.3 Å². The first-order valence-electron chi connectivity index (χ1n) is 6.84. The summed E-state index contributed by atoms with van der Waals surface area (Å²) < 4.78 is 11.1. The van der Waals surface area contributed by atoms with E-state index < -0.39 is 0 Å². The van der Waals surface area contributed by atoms with Gasteiger partial charge in [-0.05, 0) is 26.2 Å². The summed E-state index contributed by atoms with van der Waals surface area (Å²) in [5.74, 6) is 0.121. The standard InChI is InChI=1S/C13H23NO4/c1-10-7-14(8-12(9-15)18-10)13(16)6-11-4-2-3-5-17-11/h10-12,15H,2-9H2,1H3. The maximum atomic E-state index is 12.2. The number of aliphatic hydroxyl groups is 1. The Morgan fingerprint density at radius 3 is 2.83 bits per heavy atom. The Bertz CT molecular complexity index is 278. The summed E-state index contributed by atoms with van der Waals surface area (Å²) in [4.78, 5) is 14.0. The third-order valence-corrected chi connectivity index (χ3v) is 3.56. The third-order valence-electron chi connectivity index (χ3n) is 3.56. The SMILES string of the molecule is CC1CN(C(=O)CC2CCCCO2)CC(CO)O1. The van der Waals surface area contributed by atoms with Gasteiger partial charge < -0.3 is 19.5 Å². The Balaban J connectivity index is 1.83. The van der Waals surface area contributed by atoms with Crippen molar-refractivity contribution < 1.29 is 19.4 Å². The predicted molar refractivity (Wildman–Crippen MR) is 66.2 cm³/mol. The molecule has 1 N–H and O–H groups in total. The van der Waals surface area contributed by atoms with Gasteiger partial charge in [-0.1, -0.05) is 0 Å². The van der Waals surface area contributed by atoms with Crippen molar-refractivity contribution >= 4 is 5.91 Å². The summed E-state index contributed by atoms with van der Waals surface area (Å²) in [6, 6.07) is 0. The molecule has 18 heavy (non-hydrogen) atoms. The maximum absolute atomic E-state index is 12.2. The average molecular weight is 257 g/mol. The molecule has 2 saturated heterocycles. The highest BCUT2D eigenvalue weighted by molar-refractivity contribution is 5.76. The second-order valence-corrected chi connectivity index (χ2v) is 5.24. The highest BCUT2D eigenvalue weighted by Crippen LogP contribution is 2.18. The molecule has 2 heterocycles. The lowest BCUT2D eigenvalue weighted by Gasteiger charge is -2.37. The van der Waals surface area contributed by atoms with Crippen LogP contribution in [-0.2, 0) is 14.3 Å². The van der Waals surface area contributed by atoms with Crippen LogP contribution in [0.25, 0.3) is 0 Å². The van der Waals surface area contributed by atoms with Crippen LogP contribution in [0.1, 0.15) is 32.6 Å². The van der Waals surface area contributed by atoms with Crippen molar-refractivity contribution in [3.63, 3.8) is 0 Å². The molecule has 0 saturated carbocycles. The molecular formula is C13H23NO4. The zero-order valence-corrected chi connectivity index (χ0v) is 11.0. The molecule has 0 radical (unpaired) electrons. The lowest BCUT2D eigenvalue weighted by Crippen LogP contribution is -2.51. The van der Waals surface area contributed by atoms with Gasteiger partial charge in [0.1, 0.15) is 0 Å². The highest BCUT2D eigenvalue weighted by atomic mass is 16.5. The van der Waals surface area contributed by atoms with Crippen molar-refractivity contribution in [2.24, 2.45) is 0 Å². The van der Waals surface area contributed by atoms with Gasteiger partial charge in [0.2, 0.25) is 5.91 Å². The number of carbonyl (C=O) groups is 1. The van der Waals surface area contributed by atoms with Crippen LogP contribution in [0.15, 0.2) is 0 Å². The number of ether oxygens (including phenoxy) is 2. The van der Waals surface area contributed by atoms with Crippen LogP contribution in [0, 0.1) is 0 Å². The summed E-state index contributed by atoms with van der Waals surface area (Å²) in [6.07, 6.45) is 3.52. The van der Waals surface area contributed by atoms with Gasteiger partial charge in [-0.25, -0.2) is 0 Å². The Morgan fingerprint density at radius 1 is 1.33 bits per heavy atom. The largest absolute Gasteiger partial charge is 0.394 e. The minimum atomic E-state index is -0.245. The molecule has 1 amide bonds. The number of aliphatic hydroxyl groups excluding tert-OH is 1. The van der Waals surface area contributed by atoms with Crippen LogP contribution in [0.5, 0.6) is 0 Å². The van der Waals surface area contributed by atoms with E-state index in [-0.39, 0.29) is 30.8 Å². The van der Waals surface area contributed by atoms with Crippen molar-refractivity contribution in [2.75, 3.05) is 26.3 Å². The van der Waals surface area contributed by atoms with Gasteiger partial charge in [-0.15, -0.1) is 0 Å². The maximum Gasteiger partial charge on any atom is 0.225 e. The van der Waals surface area contributed by atoms with Gasteiger partial charge in [0, 0.05) is 19.7 Å². The molecule has 0 aliphatic carbocycles. The van der Waals surface area contributed by atoms with Crippen LogP contribution in [-0.4, -0.2) is 60.5 Å². The molecule has 0 bridgehead atoms. The van der Waals surface area contributed by atoms with Crippen molar-refractivity contribution in [1.29, 1.82) is 0 Å². The summed E-state index contributed by atoms with van der Waals surface area (Å²) in [7, 11) is 0. The van der Waals surface area contributed by atoms with E-state index in [9.17, 15) is 4.79 Å². The van der Waals surface area contributed by atoms with E-state index in [0.717, 1.165) is 25.9 Å². The molecule has 0 aromatic heterocycles. The summed E-state index contributed by atoms with van der Waals surface area (Å²) in [5, 5.41) is 9.14. The fourth-order valence-corrected chi connectivity index (χ4v) is 2.64. The van der Waals surface area contributed by atoms with E-state index in [1.807, 2.05) is 6.92 Å². The first-order valence-corrected chi connectivity index (χ1v) is 6.84. The van der Waals surface area contributed by atoms with Crippen LogP contribution in [0.3, 0.4) is 0 Å². The third kappa shape index (κ3) is 3.67. The number of hydrogen-bond acceptors (Lipinski definition) is 4. The molecule has 3 atom stereocenters. The number of amides is 1. The lowest BCUT2D eigenvalue weighted by atomic mass is 10.1. The van der Waals surface area contributed by atoms with E-state index in [2.05, 4.69) is 0 Å². The summed E-state index contributed by atoms with van der Waals surface area (Å²) in [5.41, 5.74) is 0. The molecule has 0 aromatic rings. The van der Waals surface area contributed by atoms with Crippen molar-refractivity contribution in [2.45, 2.75) is 50.9 Å². The molecule has 2 rings (SSSR count). The van der Waals surface area contributed by atoms with Crippen LogP contribution < -0.4 is 0 Å². The second kappa shape index (κ2) is 6.50. The minimum absolute atomic E-state index is 0.00729. The van der Waals surface area contributed by atoms with Crippen LogP contribution in [0.4, 0.5) is 0 Å². The number of morpholine rings is 1. The Kier molecular flexibility index (Phi) is 4.97. The molecule has 5 nitrogen and oxygen atoms in total. The second-order valence-electron chi connectivity index (χ2n) is 5.24. The quantitative estimate of drug-likeness (QED) is 0.802. The zero-order valence-electron chi connectivity index (χ0n) is 11.0. The fraction of sp³-hybridized carbons (Fsp3) is 0.923. The van der Waals surface area contributed by atoms with Gasteiger partial charge in [-0.2, -0.15) is 0 Å². The van der Waals surface area contributed by atoms with Gasteiger partial charge in [-0.3, -0.25) is 4.79 Å². The lowest BCUT2D eigenvalue weighted by molar-refractivity contribution is -0.150. The zero-order chi connectivity index (χ0) is 13.0. The molecule has 5 heteroatoms. The summed E-state index contributed by atoms with van der Waals surface area (Å²) in [6.45, 7) is 3.78. The first-order chi connectivity index (χ1) is 8.69. The number of hydrogen-bond donors (Lipinski definition) is 1. The van der Waals surface area contributed by atoms with Crippen molar-refractivity contribution in [3.05, 3.63) is 0 Å². The fourth-order valence-electron chi connectivity index (χ4n) is 2.64. The molecule has 0 spiro atoms. The molecule has 0 aromatic carbocycles. The van der Waals surface area contributed by atoms with E-state index in [0.29, 0.717) is 19.5 Å². The number of carbonyl (C=O) groups excluding carboxylic acids is 1. The van der Waals surface area contributed by atoms with Crippen LogP contribution in [0.2, 0.25) is 0 Å². The van der Waals surface area contributed by atoms with E-state index in [1.54, 1.807) is 4.90 Å². The Labute approximate surface area is 108 Å². The molecule has 3 unspecified atom stereocenters. The van der Waals surface area contributed by atoms with Gasteiger partial charge >= 0.3 is 0 Å². The molecule has 104 valence electrons. The molecule has 2 aliphatic rings. The summed E-state index contributed by atoms with van der Waals surface area (Å²) >= 11 is 0. The smallest absolute Gasteiger partial charge is 0.225 e. The molecule has 2 fully saturated rings. The Hall–Kier alpha value is -0.650. The molecular weight excluding hydrogens is 234 g/mol. The molecule has 2 aliphatic heterocycles. The average Bonchev–Trinajstić information content (AvgIpc) is 2.39. The van der Waals surface area contributed by atoms with Gasteiger partial charge in [0.15, 0.2) is 0 Å². The minimum Gasteiger partial charge on any atom is -0.394 e. The van der Waals surface area contributed by atoms with E-state index in [4.69, 9.17) is 14.6 Å². The number of nitrogens with zero attached hydrogens (tertiary/aromatic N) is 1. The number of rotatable bonds is 3. The van der Waals surface area contributed by atoms with E-state index in [1.165, 1.54) is 0 Å². The monoisotopic (exact) mass is 257 g/mol. The first kappa shape index (κ1) is 13.8.